The van der Waals surface area contributed by atoms with Gasteiger partial charge in [0.1, 0.15) is 11.6 Å². The van der Waals surface area contributed by atoms with Crippen LogP contribution in [0.1, 0.15) is 34.1 Å². The lowest BCUT2D eigenvalue weighted by atomic mass is 10.2. The van der Waals surface area contributed by atoms with Crippen molar-refractivity contribution in [1.29, 1.82) is 0 Å². The number of carbonyl (C=O) groups is 2. The molecule has 0 aliphatic rings. The summed E-state index contributed by atoms with van der Waals surface area (Å²) in [5.41, 5.74) is 0.592. The van der Waals surface area contributed by atoms with E-state index in [1.165, 1.54) is 7.11 Å². The van der Waals surface area contributed by atoms with Crippen LogP contribution >= 0.6 is 0 Å². The molecule has 0 saturated heterocycles. The Labute approximate surface area is 131 Å². The summed E-state index contributed by atoms with van der Waals surface area (Å²) in [5, 5.41) is 5.75. The molecule has 0 aromatic heterocycles. The zero-order chi connectivity index (χ0) is 16.8. The van der Waals surface area contributed by atoms with Gasteiger partial charge >= 0.3 is 12.1 Å². The van der Waals surface area contributed by atoms with Gasteiger partial charge in [-0.25, -0.2) is 9.59 Å². The molecule has 6 heteroatoms. The smallest absolute Gasteiger partial charge is 0.412 e. The largest absolute Gasteiger partial charge is 0.467 e. The molecule has 1 rings (SSSR count). The van der Waals surface area contributed by atoms with Crippen molar-refractivity contribution in [3.05, 3.63) is 24.3 Å². The maximum Gasteiger partial charge on any atom is 0.412 e. The van der Waals surface area contributed by atoms with Gasteiger partial charge < -0.3 is 14.8 Å². The van der Waals surface area contributed by atoms with Crippen LogP contribution in [-0.2, 0) is 14.3 Å². The molecule has 0 radical (unpaired) electrons. The first-order valence-corrected chi connectivity index (χ1v) is 7.20. The van der Waals surface area contributed by atoms with Crippen molar-refractivity contribution >= 4 is 23.4 Å². The normalized spacial score (nSPS) is 12.2. The van der Waals surface area contributed by atoms with E-state index < -0.39 is 17.7 Å². The number of nitrogens with one attached hydrogen (secondary N) is 2. The van der Waals surface area contributed by atoms with E-state index >= 15 is 0 Å². The van der Waals surface area contributed by atoms with Crippen LogP contribution in [0.5, 0.6) is 0 Å². The molecule has 6 nitrogen and oxygen atoms in total. The number of esters is 1. The summed E-state index contributed by atoms with van der Waals surface area (Å²) in [6.07, 6.45) is 0.0147. The fourth-order valence-corrected chi connectivity index (χ4v) is 1.79. The van der Waals surface area contributed by atoms with Gasteiger partial charge in [0.25, 0.3) is 0 Å². The Balaban J connectivity index is 2.85. The van der Waals surface area contributed by atoms with Gasteiger partial charge in [-0.3, -0.25) is 5.32 Å². The van der Waals surface area contributed by atoms with E-state index in [4.69, 9.17) is 9.47 Å². The Hall–Kier alpha value is -2.24. The van der Waals surface area contributed by atoms with Crippen LogP contribution in [0.4, 0.5) is 16.2 Å². The summed E-state index contributed by atoms with van der Waals surface area (Å²) in [7, 11) is 1.34. The second-order valence-corrected chi connectivity index (χ2v) is 5.80. The average molecular weight is 308 g/mol. The van der Waals surface area contributed by atoms with Gasteiger partial charge in [-0.15, -0.1) is 0 Å². The van der Waals surface area contributed by atoms with Gasteiger partial charge in [-0.1, -0.05) is 19.1 Å². The van der Waals surface area contributed by atoms with Crippen molar-refractivity contribution < 1.29 is 19.1 Å². The summed E-state index contributed by atoms with van der Waals surface area (Å²) in [6, 6.07) is 6.63. The van der Waals surface area contributed by atoms with E-state index in [9.17, 15) is 9.59 Å². The van der Waals surface area contributed by atoms with Crippen molar-refractivity contribution in [2.75, 3.05) is 17.7 Å². The molecule has 0 heterocycles. The molecule has 2 N–H and O–H groups in total. The molecule has 0 aliphatic carbocycles. The Morgan fingerprint density at radius 3 is 2.27 bits per heavy atom. The summed E-state index contributed by atoms with van der Waals surface area (Å²) >= 11 is 0. The van der Waals surface area contributed by atoms with Crippen LogP contribution in [-0.4, -0.2) is 30.8 Å². The summed E-state index contributed by atoms with van der Waals surface area (Å²) in [4.78, 5) is 23.5. The highest BCUT2D eigenvalue weighted by Crippen LogP contribution is 2.23. The van der Waals surface area contributed by atoms with E-state index in [2.05, 4.69) is 10.6 Å². The van der Waals surface area contributed by atoms with Gasteiger partial charge in [-0.2, -0.15) is 0 Å². The topological polar surface area (TPSA) is 76.7 Å². The van der Waals surface area contributed by atoms with Crippen molar-refractivity contribution in [3.8, 4) is 0 Å². The highest BCUT2D eigenvalue weighted by atomic mass is 16.6. The Morgan fingerprint density at radius 2 is 1.77 bits per heavy atom. The van der Waals surface area contributed by atoms with Gasteiger partial charge in [0, 0.05) is 0 Å². The molecule has 1 aromatic rings. The number of benzene rings is 1. The second-order valence-electron chi connectivity index (χ2n) is 5.80. The maximum atomic E-state index is 11.9. The molecule has 1 atom stereocenters. The predicted octanol–water partition coefficient (Wildman–Crippen LogP) is 3.40. The van der Waals surface area contributed by atoms with Crippen LogP contribution in [0.15, 0.2) is 24.3 Å². The summed E-state index contributed by atoms with van der Waals surface area (Å²) in [5.74, 6) is -0.352. The molecular formula is C16H24N2O4. The highest BCUT2D eigenvalue weighted by molar-refractivity contribution is 5.91. The van der Waals surface area contributed by atoms with Crippen molar-refractivity contribution in [2.24, 2.45) is 0 Å². The zero-order valence-electron chi connectivity index (χ0n) is 13.7. The number of carbonyl (C=O) groups excluding carboxylic acids is 2. The van der Waals surface area contributed by atoms with Crippen molar-refractivity contribution in [1.82, 2.24) is 0 Å². The minimum atomic E-state index is -0.579. The van der Waals surface area contributed by atoms with Crippen LogP contribution in [0.3, 0.4) is 0 Å². The van der Waals surface area contributed by atoms with E-state index in [-0.39, 0.29) is 5.97 Å². The number of hydrogen-bond acceptors (Lipinski definition) is 5. The number of amides is 1. The van der Waals surface area contributed by atoms with Gasteiger partial charge in [0.2, 0.25) is 0 Å². The van der Waals surface area contributed by atoms with E-state index in [1.54, 1.807) is 39.0 Å². The van der Waals surface area contributed by atoms with Crippen LogP contribution in [0.2, 0.25) is 0 Å². The molecule has 1 aromatic carbocycles. The maximum absolute atomic E-state index is 11.9. The molecule has 1 amide bonds. The number of anilines is 2. The minimum Gasteiger partial charge on any atom is -0.467 e. The second kappa shape index (κ2) is 7.68. The number of hydrogen-bond donors (Lipinski definition) is 2. The lowest BCUT2D eigenvalue weighted by molar-refractivity contribution is -0.141. The van der Waals surface area contributed by atoms with Gasteiger partial charge in [0.05, 0.1) is 18.5 Å². The highest BCUT2D eigenvalue weighted by Gasteiger charge is 2.20. The third kappa shape index (κ3) is 5.63. The molecule has 1 unspecified atom stereocenters. The quantitative estimate of drug-likeness (QED) is 0.815. The summed E-state index contributed by atoms with van der Waals surface area (Å²) in [6.45, 7) is 7.25. The Kier molecular flexibility index (Phi) is 6.22. The third-order valence-corrected chi connectivity index (χ3v) is 2.79. The van der Waals surface area contributed by atoms with Crippen LogP contribution in [0, 0.1) is 0 Å². The number of para-hydroxylation sites is 2. The first kappa shape index (κ1) is 17.8. The predicted molar refractivity (Wildman–Crippen MR) is 86.0 cm³/mol. The van der Waals surface area contributed by atoms with Crippen LogP contribution in [0.25, 0.3) is 0 Å². The monoisotopic (exact) mass is 308 g/mol. The van der Waals surface area contributed by atoms with Gasteiger partial charge in [0.15, 0.2) is 0 Å². The molecule has 0 bridgehead atoms. The molecule has 22 heavy (non-hydrogen) atoms. The SMILES string of the molecule is CCC(Nc1ccccc1NC(=O)OC(C)(C)C)C(=O)OC. The fraction of sp³-hybridized carbons (Fsp3) is 0.500. The lowest BCUT2D eigenvalue weighted by Crippen LogP contribution is -2.31. The molecule has 0 aliphatic heterocycles. The molecule has 0 saturated carbocycles. The minimum absolute atomic E-state index is 0.352. The van der Waals surface area contributed by atoms with E-state index in [0.717, 1.165) is 0 Å². The number of ether oxygens (including phenoxy) is 2. The first-order chi connectivity index (χ1) is 10.3. The van der Waals surface area contributed by atoms with Gasteiger partial charge in [-0.05, 0) is 39.3 Å². The van der Waals surface area contributed by atoms with E-state index in [0.29, 0.717) is 17.8 Å². The van der Waals surface area contributed by atoms with Crippen molar-refractivity contribution in [2.45, 2.75) is 45.8 Å². The van der Waals surface area contributed by atoms with Crippen LogP contribution < -0.4 is 10.6 Å². The first-order valence-electron chi connectivity index (χ1n) is 7.20. The summed E-state index contributed by atoms with van der Waals surface area (Å²) < 4.78 is 9.98. The third-order valence-electron chi connectivity index (χ3n) is 2.79. The number of methoxy groups -OCH3 is 1. The molecule has 0 spiro atoms. The molecular weight excluding hydrogens is 284 g/mol. The average Bonchev–Trinajstić information content (AvgIpc) is 2.43. The van der Waals surface area contributed by atoms with Crippen molar-refractivity contribution in [3.63, 3.8) is 0 Å². The fourth-order valence-electron chi connectivity index (χ4n) is 1.79. The lowest BCUT2D eigenvalue weighted by Gasteiger charge is -2.22. The zero-order valence-corrected chi connectivity index (χ0v) is 13.7. The standard InChI is InChI=1S/C16H24N2O4/c1-6-11(14(19)21-5)17-12-9-7-8-10-13(12)18-15(20)22-16(2,3)4/h7-11,17H,6H2,1-5H3,(H,18,20). The van der Waals surface area contributed by atoms with E-state index in [1.807, 2.05) is 13.0 Å². The molecule has 0 fully saturated rings. The Bertz CT molecular complexity index is 523. The number of rotatable bonds is 5. The Morgan fingerprint density at radius 1 is 1.18 bits per heavy atom. The molecule has 122 valence electrons.